The number of benzene rings is 3. The molecule has 0 aromatic heterocycles. The van der Waals surface area contributed by atoms with Gasteiger partial charge in [-0.15, -0.1) is 0 Å². The van der Waals surface area contributed by atoms with Crippen molar-refractivity contribution in [1.82, 2.24) is 5.32 Å². The van der Waals surface area contributed by atoms with Crippen LogP contribution in [0.2, 0.25) is 5.02 Å². The molecule has 0 aliphatic heterocycles. The van der Waals surface area contributed by atoms with E-state index in [4.69, 9.17) is 25.8 Å². The first kappa shape index (κ1) is 31.0. The molecule has 1 N–H and O–H groups in total. The van der Waals surface area contributed by atoms with E-state index >= 15 is 4.39 Å². The Morgan fingerprint density at radius 2 is 1.60 bits per heavy atom. The fourth-order valence-corrected chi connectivity index (χ4v) is 4.30. The maximum absolute atomic E-state index is 15.7. The van der Waals surface area contributed by atoms with Gasteiger partial charge in [0.25, 0.3) is 0 Å². The third kappa shape index (κ3) is 9.26. The zero-order chi connectivity index (χ0) is 29.7. The highest BCUT2D eigenvalue weighted by Crippen LogP contribution is 2.31. The first-order chi connectivity index (χ1) is 18.6. The lowest BCUT2D eigenvalue weighted by atomic mass is 9.97. The Hall–Kier alpha value is -3.58. The minimum absolute atomic E-state index is 0.0712. The number of carbonyl (C=O) groups is 2. The van der Waals surface area contributed by atoms with Crippen LogP contribution >= 0.6 is 11.6 Å². The minimum atomic E-state index is -0.667. The molecule has 0 radical (unpaired) electrons. The van der Waals surface area contributed by atoms with Crippen LogP contribution in [0.25, 0.3) is 11.1 Å². The van der Waals surface area contributed by atoms with Gasteiger partial charge >= 0.3 is 12.1 Å². The van der Waals surface area contributed by atoms with Crippen molar-refractivity contribution in [3.05, 3.63) is 88.2 Å². The molecule has 0 saturated carbocycles. The van der Waals surface area contributed by atoms with Crippen LogP contribution in [0.4, 0.5) is 9.18 Å². The van der Waals surface area contributed by atoms with Gasteiger partial charge in [0.05, 0.1) is 12.5 Å². The van der Waals surface area contributed by atoms with Crippen molar-refractivity contribution in [2.75, 3.05) is 0 Å². The van der Waals surface area contributed by atoms with Crippen molar-refractivity contribution >= 4 is 23.7 Å². The Morgan fingerprint density at radius 1 is 0.925 bits per heavy atom. The zero-order valence-corrected chi connectivity index (χ0v) is 24.8. The summed E-state index contributed by atoms with van der Waals surface area (Å²) in [5.41, 5.74) is 1.39. The summed E-state index contributed by atoms with van der Waals surface area (Å²) in [6, 6.07) is 16.9. The number of amides is 1. The maximum atomic E-state index is 15.7. The van der Waals surface area contributed by atoms with Gasteiger partial charge in [-0.3, -0.25) is 4.79 Å². The average Bonchev–Trinajstić information content (AvgIpc) is 2.80. The second-order valence-electron chi connectivity index (χ2n) is 11.6. The van der Waals surface area contributed by atoms with Gasteiger partial charge in [0.1, 0.15) is 29.4 Å². The number of alkyl carbamates (subject to hydrolysis) is 1. The quantitative estimate of drug-likeness (QED) is 0.277. The Morgan fingerprint density at radius 3 is 2.27 bits per heavy atom. The summed E-state index contributed by atoms with van der Waals surface area (Å²) in [5, 5.41) is 3.10. The van der Waals surface area contributed by atoms with Gasteiger partial charge in [-0.25, -0.2) is 9.18 Å². The fourth-order valence-electron chi connectivity index (χ4n) is 4.04. The lowest BCUT2D eigenvalue weighted by molar-refractivity contribution is -0.153. The number of hydrogen-bond donors (Lipinski definition) is 1. The molecule has 0 saturated heterocycles. The van der Waals surface area contributed by atoms with Crippen molar-refractivity contribution in [3.8, 4) is 16.9 Å². The number of ether oxygens (including phenoxy) is 3. The highest BCUT2D eigenvalue weighted by Gasteiger charge is 2.22. The second kappa shape index (κ2) is 12.7. The smallest absolute Gasteiger partial charge is 0.408 e. The van der Waals surface area contributed by atoms with E-state index in [9.17, 15) is 9.59 Å². The van der Waals surface area contributed by atoms with Crippen LogP contribution in [0.3, 0.4) is 0 Å². The molecule has 214 valence electrons. The Kier molecular flexibility index (Phi) is 9.85. The van der Waals surface area contributed by atoms with E-state index in [-0.39, 0.29) is 19.0 Å². The average molecular weight is 570 g/mol. The van der Waals surface area contributed by atoms with E-state index < -0.39 is 29.2 Å². The number of para-hydroxylation sites is 1. The fraction of sp³-hybridized carbons (Fsp3) is 0.375. The largest absolute Gasteiger partial charge is 0.489 e. The maximum Gasteiger partial charge on any atom is 0.408 e. The molecule has 0 fully saturated rings. The number of rotatable bonds is 8. The van der Waals surface area contributed by atoms with Gasteiger partial charge in [0.2, 0.25) is 0 Å². The summed E-state index contributed by atoms with van der Waals surface area (Å²) in [4.78, 5) is 24.6. The van der Waals surface area contributed by atoms with Crippen molar-refractivity contribution in [1.29, 1.82) is 0 Å². The van der Waals surface area contributed by atoms with E-state index in [1.165, 1.54) is 0 Å². The van der Waals surface area contributed by atoms with Gasteiger partial charge in [-0.05, 0) is 83.9 Å². The summed E-state index contributed by atoms with van der Waals surface area (Å²) in [5.74, 6) is -0.271. The molecular formula is C32H37ClFNO5. The molecule has 1 amide bonds. The molecule has 0 heterocycles. The highest BCUT2D eigenvalue weighted by atomic mass is 35.5. The molecule has 1 unspecified atom stereocenters. The lowest BCUT2D eigenvalue weighted by Gasteiger charge is -2.22. The van der Waals surface area contributed by atoms with Crippen LogP contribution in [0.15, 0.2) is 60.7 Å². The number of halogens is 2. The van der Waals surface area contributed by atoms with Crippen LogP contribution in [-0.4, -0.2) is 23.3 Å². The van der Waals surface area contributed by atoms with E-state index in [1.807, 2.05) is 39.0 Å². The van der Waals surface area contributed by atoms with E-state index in [2.05, 4.69) is 5.32 Å². The topological polar surface area (TPSA) is 73.9 Å². The molecule has 0 aliphatic rings. The third-order valence-corrected chi connectivity index (χ3v) is 5.84. The van der Waals surface area contributed by atoms with Gasteiger partial charge < -0.3 is 19.5 Å². The van der Waals surface area contributed by atoms with Gasteiger partial charge in [0, 0.05) is 21.7 Å². The first-order valence-electron chi connectivity index (χ1n) is 13.1. The van der Waals surface area contributed by atoms with Crippen LogP contribution in [0, 0.1) is 5.82 Å². The van der Waals surface area contributed by atoms with Gasteiger partial charge in [-0.2, -0.15) is 0 Å². The summed E-state index contributed by atoms with van der Waals surface area (Å²) < 4.78 is 32.5. The van der Waals surface area contributed by atoms with Gasteiger partial charge in [-0.1, -0.05) is 48.0 Å². The SMILES string of the molecule is CC(NC(=O)OC(C)(C)C)c1cccc(-c2cc(Cl)cc(COc3ccccc3CC(=O)OC(C)(C)C)c2)c1F. The van der Waals surface area contributed by atoms with E-state index in [1.54, 1.807) is 70.2 Å². The molecule has 0 spiro atoms. The number of carbonyl (C=O) groups excluding carboxylic acids is 2. The normalized spacial score (nSPS) is 12.4. The van der Waals surface area contributed by atoms with Crippen molar-refractivity contribution < 1.29 is 28.2 Å². The van der Waals surface area contributed by atoms with Crippen LogP contribution in [0.1, 0.15) is 71.2 Å². The molecule has 6 nitrogen and oxygen atoms in total. The Balaban J connectivity index is 1.79. The summed E-state index contributed by atoms with van der Waals surface area (Å²) >= 11 is 6.42. The number of esters is 1. The van der Waals surface area contributed by atoms with E-state index in [0.29, 0.717) is 33.0 Å². The van der Waals surface area contributed by atoms with Crippen LogP contribution < -0.4 is 10.1 Å². The number of hydrogen-bond acceptors (Lipinski definition) is 5. The molecule has 1 atom stereocenters. The molecule has 3 rings (SSSR count). The Bertz CT molecular complexity index is 1360. The molecule has 3 aromatic rings. The second-order valence-corrected chi connectivity index (χ2v) is 12.0. The molecule has 40 heavy (non-hydrogen) atoms. The third-order valence-electron chi connectivity index (χ3n) is 5.62. The number of nitrogens with one attached hydrogen (secondary N) is 1. The van der Waals surface area contributed by atoms with Crippen molar-refractivity contribution in [3.63, 3.8) is 0 Å². The molecule has 0 bridgehead atoms. The van der Waals surface area contributed by atoms with Crippen LogP contribution in [-0.2, 0) is 27.3 Å². The minimum Gasteiger partial charge on any atom is -0.489 e. The predicted molar refractivity (Wildman–Crippen MR) is 155 cm³/mol. The molecule has 0 aliphatic carbocycles. The first-order valence-corrected chi connectivity index (χ1v) is 13.5. The monoisotopic (exact) mass is 569 g/mol. The standard InChI is InChI=1S/C32H37ClFNO5/c1-20(35-30(37)40-32(5,6)7)25-12-10-13-26(29(25)34)23-15-21(16-24(33)17-23)19-38-27-14-9-8-11-22(27)18-28(36)39-31(2,3)4/h8-17,20H,18-19H2,1-7H3,(H,35,37). The summed E-state index contributed by atoms with van der Waals surface area (Å²) in [6.07, 6.45) is -0.555. The Labute approximate surface area is 240 Å². The van der Waals surface area contributed by atoms with Crippen molar-refractivity contribution in [2.24, 2.45) is 0 Å². The molecule has 8 heteroatoms. The van der Waals surface area contributed by atoms with E-state index in [0.717, 1.165) is 5.56 Å². The molecular weight excluding hydrogens is 533 g/mol. The van der Waals surface area contributed by atoms with Gasteiger partial charge in [0.15, 0.2) is 0 Å². The summed E-state index contributed by atoms with van der Waals surface area (Å²) in [6.45, 7) is 12.6. The van der Waals surface area contributed by atoms with Crippen molar-refractivity contribution in [2.45, 2.75) is 78.7 Å². The highest BCUT2D eigenvalue weighted by molar-refractivity contribution is 6.31. The molecule has 3 aromatic carbocycles. The predicted octanol–water partition coefficient (Wildman–Crippen LogP) is 8.20. The summed E-state index contributed by atoms with van der Waals surface area (Å²) in [7, 11) is 0. The lowest BCUT2D eigenvalue weighted by Crippen LogP contribution is -2.34. The zero-order valence-electron chi connectivity index (χ0n) is 24.1. The van der Waals surface area contributed by atoms with Crippen LogP contribution in [0.5, 0.6) is 5.75 Å².